The zero-order valence-corrected chi connectivity index (χ0v) is 19.7. The highest BCUT2D eigenvalue weighted by Gasteiger charge is 2.66. The molecule has 35 heavy (non-hydrogen) atoms. The number of carbonyl (C=O) groups is 3. The van der Waals surface area contributed by atoms with Gasteiger partial charge >= 0.3 is 0 Å². The summed E-state index contributed by atoms with van der Waals surface area (Å²) in [7, 11) is 1.40. The van der Waals surface area contributed by atoms with E-state index in [1.807, 2.05) is 19.9 Å². The number of aliphatic hydroxyl groups is 3. The average molecular weight is 482 g/mol. The number of rotatable bonds is 4. The van der Waals surface area contributed by atoms with Gasteiger partial charge in [0.25, 0.3) is 0 Å². The van der Waals surface area contributed by atoms with Gasteiger partial charge in [0.1, 0.15) is 34.2 Å². The number of methoxy groups -OCH3 is 1. The number of hydrogen-bond acceptors (Lipinski definition) is 9. The minimum absolute atomic E-state index is 0.0776. The molecule has 0 aliphatic heterocycles. The maximum absolute atomic E-state index is 13.7. The zero-order chi connectivity index (χ0) is 26.0. The minimum atomic E-state index is -3.05. The first kappa shape index (κ1) is 24.4. The number of hydrogen-bond donors (Lipinski definition) is 5. The summed E-state index contributed by atoms with van der Waals surface area (Å²) in [6.45, 7) is 4.71. The minimum Gasteiger partial charge on any atom is -0.508 e. The van der Waals surface area contributed by atoms with Crippen molar-refractivity contribution in [2.45, 2.75) is 51.2 Å². The molecule has 2 aliphatic carbocycles. The molecule has 2 aromatic rings. The molecular formula is C26H26O9. The van der Waals surface area contributed by atoms with Crippen LogP contribution in [0.2, 0.25) is 0 Å². The lowest BCUT2D eigenvalue weighted by molar-refractivity contribution is -0.151. The van der Waals surface area contributed by atoms with Crippen LogP contribution in [0.15, 0.2) is 35.1 Å². The quantitative estimate of drug-likeness (QED) is 0.325. The molecule has 0 saturated heterocycles. The smallest absolute Gasteiger partial charge is 0.215 e. The summed E-state index contributed by atoms with van der Waals surface area (Å²) in [6, 6.07) is 2.82. The third-order valence-electron chi connectivity index (χ3n) is 6.87. The summed E-state index contributed by atoms with van der Waals surface area (Å²) in [5, 5.41) is 55.7. The molecule has 0 unspecified atom stereocenters. The average Bonchev–Trinajstić information content (AvgIpc) is 2.75. The van der Waals surface area contributed by atoms with Gasteiger partial charge in [0, 0.05) is 18.9 Å². The maximum Gasteiger partial charge on any atom is 0.215 e. The van der Waals surface area contributed by atoms with Crippen molar-refractivity contribution >= 4 is 28.1 Å². The van der Waals surface area contributed by atoms with E-state index in [1.54, 1.807) is 6.07 Å². The van der Waals surface area contributed by atoms with Gasteiger partial charge in [-0.15, -0.1) is 0 Å². The molecule has 0 aromatic heterocycles. The summed E-state index contributed by atoms with van der Waals surface area (Å²) < 4.78 is 5.24. The highest BCUT2D eigenvalue weighted by atomic mass is 16.5. The predicted molar refractivity (Wildman–Crippen MR) is 125 cm³/mol. The number of Topliss-reactive ketones (excluding diaryl/α,β-unsaturated/α-hetero) is 3. The van der Waals surface area contributed by atoms with Crippen molar-refractivity contribution in [3.8, 4) is 17.2 Å². The van der Waals surface area contributed by atoms with Crippen molar-refractivity contribution in [3.05, 3.63) is 51.8 Å². The Hall–Kier alpha value is -3.69. The van der Waals surface area contributed by atoms with Crippen LogP contribution in [0.3, 0.4) is 0 Å². The van der Waals surface area contributed by atoms with Gasteiger partial charge in [0.05, 0.1) is 18.1 Å². The molecule has 2 atom stereocenters. The molecule has 9 nitrogen and oxygen atoms in total. The van der Waals surface area contributed by atoms with Crippen molar-refractivity contribution in [1.82, 2.24) is 0 Å². The van der Waals surface area contributed by atoms with E-state index in [2.05, 4.69) is 0 Å². The van der Waals surface area contributed by atoms with Crippen LogP contribution in [-0.2, 0) is 22.4 Å². The SMILES string of the molecule is COc1cc(O)c2c(O)c3c(c(CC=C(C)C)c2c1)C[C@@]1(O)CC(=O)C(C(C)=O)=C(O)[C@@]1(O)C3=O. The van der Waals surface area contributed by atoms with Crippen molar-refractivity contribution < 1.29 is 44.7 Å². The summed E-state index contributed by atoms with van der Waals surface area (Å²) in [5.41, 5.74) is -5.15. The molecule has 9 heteroatoms. The Bertz CT molecular complexity index is 1390. The van der Waals surface area contributed by atoms with Gasteiger partial charge in [-0.05, 0) is 49.8 Å². The molecule has 184 valence electrons. The van der Waals surface area contributed by atoms with Crippen molar-refractivity contribution in [2.75, 3.05) is 7.11 Å². The number of aromatic hydroxyl groups is 2. The number of fused-ring (bicyclic) bond motifs is 3. The van der Waals surface area contributed by atoms with E-state index in [9.17, 15) is 39.9 Å². The molecule has 2 aromatic carbocycles. The highest BCUT2D eigenvalue weighted by molar-refractivity contribution is 6.24. The van der Waals surface area contributed by atoms with Crippen molar-refractivity contribution in [3.63, 3.8) is 0 Å². The van der Waals surface area contributed by atoms with Gasteiger partial charge in [-0.25, -0.2) is 0 Å². The predicted octanol–water partition coefficient (Wildman–Crippen LogP) is 2.34. The second kappa shape index (κ2) is 7.93. The normalized spacial score (nSPS) is 23.7. The molecule has 0 bridgehead atoms. The van der Waals surface area contributed by atoms with Gasteiger partial charge in [0.2, 0.25) is 11.4 Å². The van der Waals surface area contributed by atoms with E-state index in [1.165, 1.54) is 13.2 Å². The molecule has 0 saturated carbocycles. The Morgan fingerprint density at radius 3 is 2.31 bits per heavy atom. The van der Waals surface area contributed by atoms with E-state index in [-0.39, 0.29) is 28.9 Å². The molecule has 5 N–H and O–H groups in total. The van der Waals surface area contributed by atoms with Crippen LogP contribution in [0.5, 0.6) is 17.2 Å². The number of aliphatic hydroxyl groups excluding tert-OH is 1. The number of ketones is 3. The van der Waals surface area contributed by atoms with Gasteiger partial charge < -0.3 is 30.3 Å². The fraction of sp³-hybridized carbons (Fsp3) is 0.346. The van der Waals surface area contributed by atoms with Crippen LogP contribution >= 0.6 is 0 Å². The molecule has 0 heterocycles. The topological polar surface area (TPSA) is 162 Å². The largest absolute Gasteiger partial charge is 0.508 e. The van der Waals surface area contributed by atoms with E-state index < -0.39 is 64.0 Å². The van der Waals surface area contributed by atoms with Crippen molar-refractivity contribution in [1.29, 1.82) is 0 Å². The van der Waals surface area contributed by atoms with Crippen LogP contribution in [0.1, 0.15) is 48.7 Å². The third kappa shape index (κ3) is 3.26. The van der Waals surface area contributed by atoms with E-state index in [4.69, 9.17) is 4.74 Å². The summed E-state index contributed by atoms with van der Waals surface area (Å²) in [4.78, 5) is 38.4. The number of phenols is 2. The maximum atomic E-state index is 13.7. The van der Waals surface area contributed by atoms with Crippen LogP contribution in [0.4, 0.5) is 0 Å². The van der Waals surface area contributed by atoms with Crippen LogP contribution in [0.25, 0.3) is 10.8 Å². The van der Waals surface area contributed by atoms with Gasteiger partial charge in [-0.3, -0.25) is 14.4 Å². The first-order chi connectivity index (χ1) is 16.3. The van der Waals surface area contributed by atoms with E-state index >= 15 is 0 Å². The number of ether oxygens (including phenoxy) is 1. The molecule has 4 rings (SSSR count). The summed E-state index contributed by atoms with van der Waals surface area (Å²) in [6.07, 6.45) is 0.788. The fourth-order valence-electron chi connectivity index (χ4n) is 5.13. The Kier molecular flexibility index (Phi) is 5.53. The second-order valence-electron chi connectivity index (χ2n) is 9.36. The molecule has 0 fully saturated rings. The highest BCUT2D eigenvalue weighted by Crippen LogP contribution is 2.52. The van der Waals surface area contributed by atoms with Crippen LogP contribution in [0, 0.1) is 0 Å². The van der Waals surface area contributed by atoms with Gasteiger partial charge in [0.15, 0.2) is 11.6 Å². The Morgan fingerprint density at radius 1 is 1.09 bits per heavy atom. The number of phenolic OH excluding ortho intramolecular Hbond substituents is 2. The monoisotopic (exact) mass is 482 g/mol. The molecular weight excluding hydrogens is 456 g/mol. The first-order valence-electron chi connectivity index (χ1n) is 11.0. The van der Waals surface area contributed by atoms with Crippen LogP contribution in [-0.4, -0.2) is 61.2 Å². The Morgan fingerprint density at radius 2 is 1.74 bits per heavy atom. The lowest BCUT2D eigenvalue weighted by Crippen LogP contribution is -2.67. The first-order valence-corrected chi connectivity index (χ1v) is 11.0. The Labute approximate surface area is 200 Å². The molecule has 0 spiro atoms. The van der Waals surface area contributed by atoms with Gasteiger partial charge in [-0.1, -0.05) is 11.6 Å². The van der Waals surface area contributed by atoms with Crippen molar-refractivity contribution in [2.24, 2.45) is 0 Å². The molecule has 0 amide bonds. The lowest BCUT2D eigenvalue weighted by atomic mass is 9.60. The van der Waals surface area contributed by atoms with E-state index in [0.29, 0.717) is 10.9 Å². The fourth-order valence-corrected chi connectivity index (χ4v) is 5.13. The number of allylic oxidation sites excluding steroid dienone is 3. The van der Waals surface area contributed by atoms with Crippen LogP contribution < -0.4 is 4.74 Å². The zero-order valence-electron chi connectivity index (χ0n) is 19.7. The Balaban J connectivity index is 2.15. The standard InChI is InChI=1S/C26H26O9/c1-11(2)5-6-14-15-7-13(35-4)8-17(28)20(15)22(30)21-16(14)9-25(33)10-18(29)19(12(3)27)23(31)26(25,34)24(21)32/h5,7-8,28,30-31,33-34H,6,9-10H2,1-4H3/t25-,26-/m1/s1. The van der Waals surface area contributed by atoms with Gasteiger partial charge in [-0.2, -0.15) is 0 Å². The number of carbonyl (C=O) groups excluding carboxylic acids is 3. The summed E-state index contributed by atoms with van der Waals surface area (Å²) >= 11 is 0. The second-order valence-corrected chi connectivity index (χ2v) is 9.36. The third-order valence-corrected chi connectivity index (χ3v) is 6.87. The molecule has 0 radical (unpaired) electrons. The number of benzene rings is 2. The molecule has 2 aliphatic rings. The lowest BCUT2D eigenvalue weighted by Gasteiger charge is -2.48. The van der Waals surface area contributed by atoms with E-state index in [0.717, 1.165) is 12.5 Å². The summed E-state index contributed by atoms with van der Waals surface area (Å²) in [5.74, 6) is -5.08.